The highest BCUT2D eigenvalue weighted by atomic mass is 32.1. The van der Waals surface area contributed by atoms with E-state index in [-0.39, 0.29) is 18.0 Å². The Kier molecular flexibility index (Phi) is 4.88. The van der Waals surface area contributed by atoms with E-state index in [1.807, 2.05) is 0 Å². The Balaban J connectivity index is 1.36. The number of amides is 2. The first kappa shape index (κ1) is 17.3. The minimum atomic E-state index is -0.401. The molecule has 0 saturated carbocycles. The van der Waals surface area contributed by atoms with Crippen LogP contribution in [0.4, 0.5) is 11.0 Å². The van der Waals surface area contributed by atoms with Gasteiger partial charge in [-0.3, -0.25) is 25.2 Å². The van der Waals surface area contributed by atoms with Gasteiger partial charge in [-0.2, -0.15) is 0 Å². The lowest BCUT2D eigenvalue weighted by atomic mass is 9.98. The molecule has 0 saturated heterocycles. The number of aromatic nitrogens is 4. The van der Waals surface area contributed by atoms with Crippen LogP contribution in [0.2, 0.25) is 0 Å². The molecular formula is C17H16N6O3S. The van der Waals surface area contributed by atoms with Crippen molar-refractivity contribution in [2.75, 3.05) is 10.6 Å². The number of nitrogens with one attached hydrogen (secondary N) is 2. The van der Waals surface area contributed by atoms with Crippen molar-refractivity contribution >= 4 is 34.2 Å². The van der Waals surface area contributed by atoms with Crippen molar-refractivity contribution in [3.63, 3.8) is 0 Å². The molecule has 9 nitrogen and oxygen atoms in total. The molecule has 0 bridgehead atoms. The van der Waals surface area contributed by atoms with Crippen LogP contribution in [0.5, 0.6) is 0 Å². The summed E-state index contributed by atoms with van der Waals surface area (Å²) < 4.78 is 5.26. The maximum atomic E-state index is 12.3. The Labute approximate surface area is 158 Å². The van der Waals surface area contributed by atoms with Crippen LogP contribution in [0.25, 0.3) is 0 Å². The number of anilines is 2. The van der Waals surface area contributed by atoms with Gasteiger partial charge in [-0.25, -0.2) is 9.97 Å². The van der Waals surface area contributed by atoms with Gasteiger partial charge in [-0.05, 0) is 25.7 Å². The molecule has 27 heavy (non-hydrogen) atoms. The molecule has 10 heteroatoms. The van der Waals surface area contributed by atoms with E-state index < -0.39 is 5.91 Å². The average molecular weight is 384 g/mol. The van der Waals surface area contributed by atoms with E-state index in [9.17, 15) is 9.59 Å². The molecule has 2 amide bonds. The smallest absolute Gasteiger partial charge is 0.277 e. The van der Waals surface area contributed by atoms with Crippen LogP contribution in [-0.4, -0.2) is 31.9 Å². The molecule has 0 aromatic carbocycles. The van der Waals surface area contributed by atoms with Crippen LogP contribution in [0.3, 0.4) is 0 Å². The van der Waals surface area contributed by atoms with Crippen LogP contribution >= 0.6 is 11.3 Å². The summed E-state index contributed by atoms with van der Waals surface area (Å²) >= 11 is 1.24. The molecule has 3 heterocycles. The van der Waals surface area contributed by atoms with E-state index in [1.54, 1.807) is 5.38 Å². The van der Waals surface area contributed by atoms with Crippen LogP contribution in [-0.2, 0) is 24.1 Å². The molecule has 3 aromatic heterocycles. The van der Waals surface area contributed by atoms with E-state index in [2.05, 4.69) is 30.7 Å². The molecule has 0 aliphatic heterocycles. The Morgan fingerprint density at radius 2 is 2.07 bits per heavy atom. The zero-order valence-electron chi connectivity index (χ0n) is 14.3. The predicted molar refractivity (Wildman–Crippen MR) is 97.6 cm³/mol. The molecule has 0 radical (unpaired) electrons. The topological polar surface area (TPSA) is 123 Å². The number of rotatable bonds is 5. The highest BCUT2D eigenvalue weighted by Crippen LogP contribution is 2.27. The summed E-state index contributed by atoms with van der Waals surface area (Å²) in [6, 6.07) is 0. The fourth-order valence-electron chi connectivity index (χ4n) is 2.85. The summed E-state index contributed by atoms with van der Waals surface area (Å²) in [5.41, 5.74) is 2.67. The Morgan fingerprint density at radius 3 is 2.93 bits per heavy atom. The van der Waals surface area contributed by atoms with Gasteiger partial charge in [0.1, 0.15) is 5.69 Å². The highest BCUT2D eigenvalue weighted by molar-refractivity contribution is 7.14. The molecule has 1 aliphatic carbocycles. The number of fused-ring (bicyclic) bond motifs is 1. The largest absolute Gasteiger partial charge is 0.338 e. The van der Waals surface area contributed by atoms with Gasteiger partial charge in [0, 0.05) is 23.3 Å². The molecule has 4 rings (SSSR count). The van der Waals surface area contributed by atoms with Crippen molar-refractivity contribution < 1.29 is 14.1 Å². The van der Waals surface area contributed by atoms with E-state index >= 15 is 0 Å². The maximum absolute atomic E-state index is 12.3. The second-order valence-corrected chi connectivity index (χ2v) is 6.92. The molecule has 3 aromatic rings. The Morgan fingerprint density at radius 1 is 1.19 bits per heavy atom. The Hall–Kier alpha value is -3.14. The molecule has 0 fully saturated rings. The van der Waals surface area contributed by atoms with E-state index in [0.29, 0.717) is 16.7 Å². The fraction of sp³-hybridized carbons (Fsp3) is 0.294. The number of carbonyl (C=O) groups excluding carboxylic acids is 2. The summed E-state index contributed by atoms with van der Waals surface area (Å²) in [6.45, 7) is 0. The SMILES string of the molecule is O=C(Cc1csc(NC(=O)c2cnccn2)n1)Nc1onc2c1CCCC2. The number of nitrogens with zero attached hydrogens (tertiary/aromatic N) is 4. The summed E-state index contributed by atoms with van der Waals surface area (Å²) in [6.07, 6.45) is 8.28. The molecule has 1 aliphatic rings. The van der Waals surface area contributed by atoms with Gasteiger partial charge in [0.25, 0.3) is 5.91 Å². The molecule has 2 N–H and O–H groups in total. The summed E-state index contributed by atoms with van der Waals surface area (Å²) in [5, 5.41) is 11.5. The minimum absolute atomic E-state index is 0.0764. The van der Waals surface area contributed by atoms with Gasteiger partial charge in [0.15, 0.2) is 5.13 Å². The number of aryl methyl sites for hydroxylation is 1. The predicted octanol–water partition coefficient (Wildman–Crippen LogP) is 2.23. The molecular weight excluding hydrogens is 368 g/mol. The molecule has 138 valence electrons. The normalized spacial score (nSPS) is 13.0. The van der Waals surface area contributed by atoms with E-state index in [4.69, 9.17) is 4.52 Å². The van der Waals surface area contributed by atoms with E-state index in [1.165, 1.54) is 29.9 Å². The quantitative estimate of drug-likeness (QED) is 0.691. The van der Waals surface area contributed by atoms with Crippen LogP contribution in [0, 0.1) is 0 Å². The second kappa shape index (κ2) is 7.62. The van der Waals surface area contributed by atoms with Crippen molar-refractivity contribution in [2.24, 2.45) is 0 Å². The summed E-state index contributed by atoms with van der Waals surface area (Å²) in [7, 11) is 0. The second-order valence-electron chi connectivity index (χ2n) is 6.06. The summed E-state index contributed by atoms with van der Waals surface area (Å²) in [5.74, 6) is -0.209. The summed E-state index contributed by atoms with van der Waals surface area (Å²) in [4.78, 5) is 36.4. The Bertz CT molecular complexity index is 968. The molecule has 0 atom stereocenters. The third-order valence-corrected chi connectivity index (χ3v) is 4.93. The first-order valence-electron chi connectivity index (χ1n) is 8.48. The lowest BCUT2D eigenvalue weighted by molar-refractivity contribution is -0.115. The van der Waals surface area contributed by atoms with Crippen molar-refractivity contribution in [3.05, 3.63) is 46.6 Å². The lowest BCUT2D eigenvalue weighted by Gasteiger charge is -2.09. The van der Waals surface area contributed by atoms with Gasteiger partial charge in [-0.15, -0.1) is 11.3 Å². The van der Waals surface area contributed by atoms with Crippen LogP contribution in [0.15, 0.2) is 28.5 Å². The molecule has 0 unspecified atom stereocenters. The fourth-order valence-corrected chi connectivity index (χ4v) is 3.55. The number of carbonyl (C=O) groups is 2. The number of hydrogen-bond donors (Lipinski definition) is 2. The van der Waals surface area contributed by atoms with Crippen LogP contribution < -0.4 is 10.6 Å². The van der Waals surface area contributed by atoms with Crippen molar-refractivity contribution in [1.82, 2.24) is 20.1 Å². The molecule has 0 spiro atoms. The number of hydrogen-bond acceptors (Lipinski definition) is 8. The monoisotopic (exact) mass is 384 g/mol. The van der Waals surface area contributed by atoms with Gasteiger partial charge in [0.2, 0.25) is 11.8 Å². The van der Waals surface area contributed by atoms with E-state index in [0.717, 1.165) is 36.9 Å². The minimum Gasteiger partial charge on any atom is -0.338 e. The van der Waals surface area contributed by atoms with Gasteiger partial charge < -0.3 is 4.52 Å². The third kappa shape index (κ3) is 4.00. The van der Waals surface area contributed by atoms with Gasteiger partial charge in [0.05, 0.1) is 24.0 Å². The van der Waals surface area contributed by atoms with Crippen molar-refractivity contribution in [3.8, 4) is 0 Å². The first-order chi connectivity index (χ1) is 13.2. The first-order valence-corrected chi connectivity index (χ1v) is 9.36. The maximum Gasteiger partial charge on any atom is 0.277 e. The third-order valence-electron chi connectivity index (χ3n) is 4.12. The van der Waals surface area contributed by atoms with Gasteiger partial charge >= 0.3 is 0 Å². The van der Waals surface area contributed by atoms with Crippen molar-refractivity contribution in [1.29, 1.82) is 0 Å². The van der Waals surface area contributed by atoms with Crippen LogP contribution in [0.1, 0.15) is 40.3 Å². The van der Waals surface area contributed by atoms with Gasteiger partial charge in [-0.1, -0.05) is 5.16 Å². The average Bonchev–Trinajstić information content (AvgIpc) is 3.29. The highest BCUT2D eigenvalue weighted by Gasteiger charge is 2.21. The number of thiazole rings is 1. The zero-order valence-corrected chi connectivity index (χ0v) is 15.1. The van der Waals surface area contributed by atoms with Crippen molar-refractivity contribution in [2.45, 2.75) is 32.1 Å². The lowest BCUT2D eigenvalue weighted by Crippen LogP contribution is -2.16. The standard InChI is InChI=1S/C17H16N6O3S/c24-14(21-16-11-3-1-2-4-12(11)23-26-16)7-10-9-27-17(20-10)22-15(25)13-8-18-5-6-19-13/h5-6,8-9H,1-4,7H2,(H,21,24)(H,20,22,25). The zero-order chi connectivity index (χ0) is 18.6.